The Balaban J connectivity index is 3.14. The van der Waals surface area contributed by atoms with Crippen LogP contribution in [-0.2, 0) is 14.3 Å². The smallest absolute Gasteiger partial charge is 0.259 e. The molecule has 2 amide bonds. The summed E-state index contributed by atoms with van der Waals surface area (Å²) in [7, 11) is 2.85. The number of nitrogens with zero attached hydrogens (tertiary/aromatic N) is 1. The van der Waals surface area contributed by atoms with E-state index in [9.17, 15) is 9.59 Å². The Morgan fingerprint density at radius 1 is 1.33 bits per heavy atom. The lowest BCUT2D eigenvalue weighted by Gasteiger charge is -2.19. The molecular weight excluding hydrogens is 258 g/mol. The zero-order chi connectivity index (χ0) is 13.7. The Morgan fingerprint density at radius 3 is 2.50 bits per heavy atom. The number of amides is 2. The van der Waals surface area contributed by atoms with Crippen LogP contribution in [0, 0.1) is 0 Å². The monoisotopic (exact) mass is 271 g/mol. The molecule has 5 nitrogen and oxygen atoms in total. The minimum Gasteiger partial charge on any atom is -0.495 e. The lowest BCUT2D eigenvalue weighted by molar-refractivity contribution is -0.127. The molecule has 0 aliphatic heterocycles. The lowest BCUT2D eigenvalue weighted by Crippen LogP contribution is -2.37. The van der Waals surface area contributed by atoms with Crippen molar-refractivity contribution in [2.75, 3.05) is 25.7 Å². The van der Waals surface area contributed by atoms with Gasteiger partial charge in [-0.3, -0.25) is 9.59 Å². The van der Waals surface area contributed by atoms with Gasteiger partial charge in [0.05, 0.1) is 17.8 Å². The van der Waals surface area contributed by atoms with Gasteiger partial charge in [-0.05, 0) is 12.1 Å². The van der Waals surface area contributed by atoms with Crippen LogP contribution in [0.3, 0.4) is 0 Å². The first kappa shape index (κ1) is 14.5. The Bertz CT molecular complexity index is 461. The number of benzene rings is 1. The molecule has 0 spiro atoms. The van der Waals surface area contributed by atoms with Crippen molar-refractivity contribution >= 4 is 29.1 Å². The molecule has 0 unspecified atom stereocenters. The second-order valence-electron chi connectivity index (χ2n) is 3.50. The highest BCUT2D eigenvalue weighted by molar-refractivity contribution is 6.32. The van der Waals surface area contributed by atoms with Gasteiger partial charge in [0.15, 0.2) is 0 Å². The van der Waals surface area contributed by atoms with E-state index in [0.717, 1.165) is 4.90 Å². The molecule has 0 saturated carbocycles. The second-order valence-corrected chi connectivity index (χ2v) is 3.91. The van der Waals surface area contributed by atoms with Crippen molar-refractivity contribution in [2.24, 2.45) is 0 Å². The molecule has 0 atom stereocenters. The SMILES string of the molecule is COCC(=O)N(C(C)=O)c1ccc(Cl)c(OC)c1. The first-order valence-corrected chi connectivity index (χ1v) is 5.55. The number of carbonyl (C=O) groups excluding carboxylic acids is 2. The summed E-state index contributed by atoms with van der Waals surface area (Å²) < 4.78 is 9.78. The third kappa shape index (κ3) is 3.21. The van der Waals surface area contributed by atoms with Gasteiger partial charge in [0.2, 0.25) is 5.91 Å². The Labute approximate surface area is 110 Å². The van der Waals surface area contributed by atoms with Crippen molar-refractivity contribution in [2.45, 2.75) is 6.92 Å². The maximum absolute atomic E-state index is 11.8. The fraction of sp³-hybridized carbons (Fsp3) is 0.333. The topological polar surface area (TPSA) is 55.8 Å². The summed E-state index contributed by atoms with van der Waals surface area (Å²) in [6, 6.07) is 4.66. The van der Waals surface area contributed by atoms with Gasteiger partial charge in [0.1, 0.15) is 12.4 Å². The predicted octanol–water partition coefficient (Wildman–Crippen LogP) is 1.87. The van der Waals surface area contributed by atoms with E-state index in [1.54, 1.807) is 12.1 Å². The largest absolute Gasteiger partial charge is 0.495 e. The maximum atomic E-state index is 11.8. The van der Waals surface area contributed by atoms with E-state index in [4.69, 9.17) is 21.1 Å². The van der Waals surface area contributed by atoms with Gasteiger partial charge in [-0.1, -0.05) is 11.6 Å². The zero-order valence-corrected chi connectivity index (χ0v) is 11.2. The molecule has 0 aliphatic carbocycles. The molecule has 0 radical (unpaired) electrons. The van der Waals surface area contributed by atoms with Crippen LogP contribution >= 0.6 is 11.6 Å². The van der Waals surface area contributed by atoms with Gasteiger partial charge < -0.3 is 9.47 Å². The molecule has 0 bridgehead atoms. The molecule has 98 valence electrons. The van der Waals surface area contributed by atoms with Gasteiger partial charge in [-0.2, -0.15) is 0 Å². The molecule has 1 aromatic carbocycles. The van der Waals surface area contributed by atoms with Crippen LogP contribution in [0.2, 0.25) is 5.02 Å². The standard InChI is InChI=1S/C12H14ClNO4/c1-8(15)14(12(16)7-17-2)9-4-5-10(13)11(6-9)18-3/h4-6H,7H2,1-3H3. The summed E-state index contributed by atoms with van der Waals surface area (Å²) in [5.41, 5.74) is 0.394. The molecular formula is C12H14ClNO4. The fourth-order valence-electron chi connectivity index (χ4n) is 1.48. The summed E-state index contributed by atoms with van der Waals surface area (Å²) >= 11 is 5.88. The summed E-state index contributed by atoms with van der Waals surface area (Å²) in [6.07, 6.45) is 0. The van der Waals surface area contributed by atoms with Crippen LogP contribution < -0.4 is 9.64 Å². The van der Waals surface area contributed by atoms with E-state index >= 15 is 0 Å². The number of carbonyl (C=O) groups is 2. The number of anilines is 1. The molecule has 18 heavy (non-hydrogen) atoms. The average molecular weight is 272 g/mol. The van der Waals surface area contributed by atoms with Crippen LogP contribution in [-0.4, -0.2) is 32.6 Å². The predicted molar refractivity (Wildman–Crippen MR) is 68.0 cm³/mol. The summed E-state index contributed by atoms with van der Waals surface area (Å²) in [4.78, 5) is 24.3. The maximum Gasteiger partial charge on any atom is 0.259 e. The number of ether oxygens (including phenoxy) is 2. The molecule has 1 aromatic rings. The minimum absolute atomic E-state index is 0.176. The van der Waals surface area contributed by atoms with Crippen LogP contribution in [0.25, 0.3) is 0 Å². The van der Waals surface area contributed by atoms with Crippen molar-refractivity contribution in [3.63, 3.8) is 0 Å². The van der Waals surface area contributed by atoms with E-state index in [1.807, 2.05) is 0 Å². The highest BCUT2D eigenvalue weighted by atomic mass is 35.5. The van der Waals surface area contributed by atoms with Crippen LogP contribution in [0.5, 0.6) is 5.75 Å². The molecule has 0 aliphatic rings. The number of imide groups is 1. The number of methoxy groups -OCH3 is 2. The van der Waals surface area contributed by atoms with E-state index in [2.05, 4.69) is 0 Å². The number of hydrogen-bond acceptors (Lipinski definition) is 4. The first-order chi connectivity index (χ1) is 8.51. The highest BCUT2D eigenvalue weighted by Gasteiger charge is 2.20. The van der Waals surface area contributed by atoms with Crippen molar-refractivity contribution in [3.05, 3.63) is 23.2 Å². The van der Waals surface area contributed by atoms with E-state index in [1.165, 1.54) is 27.2 Å². The summed E-state index contributed by atoms with van der Waals surface area (Å²) in [5.74, 6) is -0.457. The normalized spacial score (nSPS) is 10.0. The minimum atomic E-state index is -0.450. The number of hydrogen-bond donors (Lipinski definition) is 0. The average Bonchev–Trinajstić information content (AvgIpc) is 2.31. The van der Waals surface area contributed by atoms with E-state index in [-0.39, 0.29) is 6.61 Å². The summed E-state index contributed by atoms with van der Waals surface area (Å²) in [6.45, 7) is 1.12. The number of halogens is 1. The molecule has 0 heterocycles. The molecule has 0 fully saturated rings. The van der Waals surface area contributed by atoms with Gasteiger partial charge in [-0.25, -0.2) is 4.90 Å². The molecule has 0 aromatic heterocycles. The van der Waals surface area contributed by atoms with Gasteiger partial charge in [0, 0.05) is 20.1 Å². The van der Waals surface area contributed by atoms with Crippen molar-refractivity contribution < 1.29 is 19.1 Å². The zero-order valence-electron chi connectivity index (χ0n) is 10.4. The van der Waals surface area contributed by atoms with Crippen molar-refractivity contribution in [1.29, 1.82) is 0 Å². The van der Waals surface area contributed by atoms with E-state index < -0.39 is 11.8 Å². The van der Waals surface area contributed by atoms with Crippen LogP contribution in [0.15, 0.2) is 18.2 Å². The third-order valence-corrected chi connectivity index (χ3v) is 2.54. The van der Waals surface area contributed by atoms with E-state index in [0.29, 0.717) is 16.5 Å². The van der Waals surface area contributed by atoms with Crippen LogP contribution in [0.4, 0.5) is 5.69 Å². The lowest BCUT2D eigenvalue weighted by atomic mass is 10.2. The molecule has 1 rings (SSSR count). The Kier molecular flexibility index (Phi) is 5.12. The van der Waals surface area contributed by atoms with Crippen molar-refractivity contribution in [3.8, 4) is 5.75 Å². The fourth-order valence-corrected chi connectivity index (χ4v) is 1.67. The quantitative estimate of drug-likeness (QED) is 0.839. The Morgan fingerprint density at radius 2 is 2.00 bits per heavy atom. The molecule has 0 N–H and O–H groups in total. The number of rotatable bonds is 4. The van der Waals surface area contributed by atoms with Crippen molar-refractivity contribution in [1.82, 2.24) is 0 Å². The van der Waals surface area contributed by atoms with Crippen LogP contribution in [0.1, 0.15) is 6.92 Å². The second kappa shape index (κ2) is 6.37. The highest BCUT2D eigenvalue weighted by Crippen LogP contribution is 2.29. The molecule has 6 heteroatoms. The third-order valence-electron chi connectivity index (χ3n) is 2.23. The van der Waals surface area contributed by atoms with Gasteiger partial charge in [0.25, 0.3) is 5.91 Å². The van der Waals surface area contributed by atoms with Gasteiger partial charge in [-0.15, -0.1) is 0 Å². The Hall–Kier alpha value is -1.59. The van der Waals surface area contributed by atoms with Gasteiger partial charge >= 0.3 is 0 Å². The first-order valence-electron chi connectivity index (χ1n) is 5.17. The molecule has 0 saturated heterocycles. The summed E-state index contributed by atoms with van der Waals surface area (Å²) in [5, 5.41) is 0.406.